The van der Waals surface area contributed by atoms with Crippen LogP contribution in [-0.4, -0.2) is 61.8 Å². The van der Waals surface area contributed by atoms with Crippen molar-refractivity contribution in [1.29, 1.82) is 0 Å². The van der Waals surface area contributed by atoms with Crippen molar-refractivity contribution in [3.8, 4) is 0 Å². The third kappa shape index (κ3) is 3.71. The second kappa shape index (κ2) is 7.83. The molecule has 0 radical (unpaired) electrons. The Kier molecular flexibility index (Phi) is 5.26. The van der Waals surface area contributed by atoms with Gasteiger partial charge in [0.15, 0.2) is 0 Å². The van der Waals surface area contributed by atoms with Crippen LogP contribution in [0.1, 0.15) is 25.8 Å². The van der Waals surface area contributed by atoms with Crippen molar-refractivity contribution in [2.75, 3.05) is 56.6 Å². The van der Waals surface area contributed by atoms with E-state index < -0.39 is 0 Å². The van der Waals surface area contributed by atoms with Crippen LogP contribution in [0, 0.1) is 0 Å². The van der Waals surface area contributed by atoms with E-state index in [1.54, 1.807) is 0 Å². The van der Waals surface area contributed by atoms with Gasteiger partial charge in [-0.2, -0.15) is 0 Å². The van der Waals surface area contributed by atoms with Gasteiger partial charge in [-0.1, -0.05) is 0 Å². The molecular weight excluding hydrogens is 356 g/mol. The Morgan fingerprint density at radius 2 is 1.93 bits per heavy atom. The summed E-state index contributed by atoms with van der Waals surface area (Å²) in [7, 11) is 1.90. The zero-order chi connectivity index (χ0) is 19.7. The minimum atomic E-state index is -0.160. The van der Waals surface area contributed by atoms with Crippen LogP contribution in [-0.2, 0) is 9.53 Å². The third-order valence-electron chi connectivity index (χ3n) is 5.63. The average molecular weight is 384 g/mol. The highest BCUT2D eigenvalue weighted by Crippen LogP contribution is 2.36. The minimum absolute atomic E-state index is 0.0994. The summed E-state index contributed by atoms with van der Waals surface area (Å²) in [5.41, 5.74) is 2.20. The molecule has 0 spiro atoms. The van der Waals surface area contributed by atoms with Crippen LogP contribution >= 0.6 is 0 Å². The second-order valence-electron chi connectivity index (χ2n) is 7.53. The molecule has 1 saturated carbocycles. The summed E-state index contributed by atoms with van der Waals surface area (Å²) in [6.07, 6.45) is 4.13. The number of benzene rings is 1. The molecule has 7 heteroatoms. The van der Waals surface area contributed by atoms with Gasteiger partial charge in [-0.3, -0.25) is 14.5 Å². The average Bonchev–Trinajstić information content (AvgIpc) is 3.54. The molecule has 0 amide bonds. The van der Waals surface area contributed by atoms with Crippen LogP contribution in [0.25, 0.3) is 10.8 Å². The lowest BCUT2D eigenvalue weighted by Crippen LogP contribution is -2.48. The maximum atomic E-state index is 12.8. The first-order valence-electron chi connectivity index (χ1n) is 10.1. The van der Waals surface area contributed by atoms with Gasteiger partial charge in [0.25, 0.3) is 5.56 Å². The van der Waals surface area contributed by atoms with Crippen molar-refractivity contribution >= 4 is 28.1 Å². The molecule has 1 aromatic carbocycles. The van der Waals surface area contributed by atoms with Gasteiger partial charge in [0.2, 0.25) is 0 Å². The number of piperazine rings is 1. The maximum Gasteiger partial charge on any atom is 0.320 e. The normalized spacial score (nSPS) is 17.7. The highest BCUT2D eigenvalue weighted by molar-refractivity contribution is 5.95. The lowest BCUT2D eigenvalue weighted by Gasteiger charge is -2.35. The topological polar surface area (TPSA) is 66.8 Å². The number of esters is 1. The third-order valence-corrected chi connectivity index (χ3v) is 5.63. The molecule has 28 heavy (non-hydrogen) atoms. The van der Waals surface area contributed by atoms with Gasteiger partial charge in [0.1, 0.15) is 0 Å². The molecule has 0 atom stereocenters. The number of rotatable bonds is 6. The first kappa shape index (κ1) is 18.8. The Labute approximate surface area is 164 Å². The first-order chi connectivity index (χ1) is 13.6. The molecular formula is C21H28N4O3. The van der Waals surface area contributed by atoms with Gasteiger partial charge < -0.3 is 19.5 Å². The van der Waals surface area contributed by atoms with Gasteiger partial charge in [-0.25, -0.2) is 0 Å². The molecule has 2 aromatic rings. The highest BCUT2D eigenvalue weighted by atomic mass is 16.5. The van der Waals surface area contributed by atoms with Crippen molar-refractivity contribution < 1.29 is 9.53 Å². The molecule has 2 heterocycles. The molecule has 1 aromatic heterocycles. The van der Waals surface area contributed by atoms with Crippen LogP contribution in [0.3, 0.4) is 0 Å². The molecule has 7 nitrogen and oxygen atoms in total. The predicted octanol–water partition coefficient (Wildman–Crippen LogP) is 2.06. The van der Waals surface area contributed by atoms with E-state index in [1.807, 2.05) is 36.9 Å². The second-order valence-corrected chi connectivity index (χ2v) is 7.53. The summed E-state index contributed by atoms with van der Waals surface area (Å²) in [6, 6.07) is 6.47. The fourth-order valence-electron chi connectivity index (χ4n) is 3.92. The number of hydrogen-bond donors (Lipinski definition) is 1. The molecule has 2 aliphatic rings. The quantitative estimate of drug-likeness (QED) is 0.769. The Hall–Kier alpha value is -2.54. The smallest absolute Gasteiger partial charge is 0.320 e. The number of aromatic nitrogens is 1. The summed E-state index contributed by atoms with van der Waals surface area (Å²) < 4.78 is 6.92. The molecule has 1 aliphatic carbocycles. The lowest BCUT2D eigenvalue weighted by molar-refractivity contribution is -0.144. The van der Waals surface area contributed by atoms with Crippen molar-refractivity contribution in [2.45, 2.75) is 25.8 Å². The Bertz CT molecular complexity index is 927. The van der Waals surface area contributed by atoms with E-state index in [2.05, 4.69) is 21.2 Å². The number of anilines is 2. The monoisotopic (exact) mass is 384 g/mol. The Morgan fingerprint density at radius 1 is 1.18 bits per heavy atom. The summed E-state index contributed by atoms with van der Waals surface area (Å²) in [5.74, 6) is -0.160. The summed E-state index contributed by atoms with van der Waals surface area (Å²) in [4.78, 5) is 29.0. The number of nitrogens with one attached hydrogen (secondary N) is 1. The zero-order valence-electron chi connectivity index (χ0n) is 16.6. The van der Waals surface area contributed by atoms with E-state index in [9.17, 15) is 9.59 Å². The van der Waals surface area contributed by atoms with Crippen LogP contribution in [0.15, 0.2) is 29.2 Å². The molecule has 0 unspecified atom stereocenters. The number of carbonyl (C=O) groups is 1. The fourth-order valence-corrected chi connectivity index (χ4v) is 3.92. The Morgan fingerprint density at radius 3 is 2.57 bits per heavy atom. The molecule has 4 rings (SSSR count). The van der Waals surface area contributed by atoms with Crippen LogP contribution in [0.5, 0.6) is 0 Å². The van der Waals surface area contributed by atoms with Crippen molar-refractivity contribution in [3.05, 3.63) is 34.7 Å². The number of ether oxygens (including phenoxy) is 1. The lowest BCUT2D eigenvalue weighted by atomic mass is 10.1. The SMILES string of the molecule is CCOC(=O)CN1CCN(c2ccc3c(=O)n(C4CC4)cc(NC)c3c2)CC1. The van der Waals surface area contributed by atoms with Gasteiger partial charge in [0, 0.05) is 61.9 Å². The fraction of sp³-hybridized carbons (Fsp3) is 0.524. The Balaban J connectivity index is 1.53. The van der Waals surface area contributed by atoms with Crippen LogP contribution in [0.2, 0.25) is 0 Å². The van der Waals surface area contributed by atoms with E-state index >= 15 is 0 Å². The van der Waals surface area contributed by atoms with Gasteiger partial charge in [-0.15, -0.1) is 0 Å². The van der Waals surface area contributed by atoms with Crippen molar-refractivity contribution in [1.82, 2.24) is 9.47 Å². The zero-order valence-corrected chi connectivity index (χ0v) is 16.6. The number of pyridine rings is 1. The van der Waals surface area contributed by atoms with E-state index in [4.69, 9.17) is 4.74 Å². The maximum absolute atomic E-state index is 12.8. The summed E-state index contributed by atoms with van der Waals surface area (Å²) in [6.45, 7) is 5.93. The summed E-state index contributed by atoms with van der Waals surface area (Å²) in [5, 5.41) is 4.99. The first-order valence-corrected chi connectivity index (χ1v) is 10.1. The van der Waals surface area contributed by atoms with Gasteiger partial charge in [0.05, 0.1) is 18.8 Å². The number of fused-ring (bicyclic) bond motifs is 1. The largest absolute Gasteiger partial charge is 0.465 e. The van der Waals surface area contributed by atoms with E-state index in [0.29, 0.717) is 19.2 Å². The van der Waals surface area contributed by atoms with Crippen LogP contribution < -0.4 is 15.8 Å². The van der Waals surface area contributed by atoms with Crippen LogP contribution in [0.4, 0.5) is 11.4 Å². The van der Waals surface area contributed by atoms with Crippen molar-refractivity contribution in [2.24, 2.45) is 0 Å². The molecule has 1 aliphatic heterocycles. The molecule has 150 valence electrons. The highest BCUT2D eigenvalue weighted by Gasteiger charge is 2.26. The van der Waals surface area contributed by atoms with E-state index in [-0.39, 0.29) is 11.5 Å². The summed E-state index contributed by atoms with van der Waals surface area (Å²) >= 11 is 0. The van der Waals surface area contributed by atoms with Gasteiger partial charge in [-0.05, 0) is 38.0 Å². The number of carbonyl (C=O) groups excluding carboxylic acids is 1. The van der Waals surface area contributed by atoms with Gasteiger partial charge >= 0.3 is 5.97 Å². The molecule has 2 fully saturated rings. The minimum Gasteiger partial charge on any atom is -0.465 e. The molecule has 1 saturated heterocycles. The number of nitrogens with zero attached hydrogens (tertiary/aromatic N) is 3. The standard InChI is InChI=1S/C21H28N4O3/c1-3-28-20(26)14-23-8-10-24(11-9-23)16-6-7-17-18(12-16)19(22-2)13-25(21(17)27)15-4-5-15/h6-7,12-13,15,22H,3-5,8-11,14H2,1-2H3. The predicted molar refractivity (Wildman–Crippen MR) is 111 cm³/mol. The van der Waals surface area contributed by atoms with E-state index in [1.165, 1.54) is 0 Å². The molecule has 1 N–H and O–H groups in total. The number of hydrogen-bond acceptors (Lipinski definition) is 6. The van der Waals surface area contributed by atoms with Crippen molar-refractivity contribution in [3.63, 3.8) is 0 Å². The van der Waals surface area contributed by atoms with E-state index in [0.717, 1.165) is 61.2 Å². The molecule has 0 bridgehead atoms.